The fourth-order valence-corrected chi connectivity index (χ4v) is 2.97. The number of guanidine groups is 1. The van der Waals surface area contributed by atoms with Crippen LogP contribution in [-0.2, 0) is 6.54 Å². The van der Waals surface area contributed by atoms with Crippen LogP contribution in [-0.4, -0.2) is 30.3 Å². The van der Waals surface area contributed by atoms with E-state index in [4.69, 9.17) is 0 Å². The Hall–Kier alpha value is -1.55. The molecule has 2 rings (SSSR count). The van der Waals surface area contributed by atoms with E-state index in [1.807, 2.05) is 18.2 Å². The molecule has 1 fully saturated rings. The molecule has 1 aliphatic rings. The highest BCUT2D eigenvalue weighted by Crippen LogP contribution is 2.35. The first-order valence-corrected chi connectivity index (χ1v) is 8.38. The zero-order valence-electron chi connectivity index (χ0n) is 13.8. The molecule has 0 bridgehead atoms. The second kappa shape index (κ2) is 8.18. The lowest BCUT2D eigenvalue weighted by atomic mass is 9.73. The Labute approximate surface area is 134 Å². The van der Waals surface area contributed by atoms with Crippen LogP contribution in [0, 0.1) is 5.41 Å². The maximum absolute atomic E-state index is 10.3. The molecule has 3 N–H and O–H groups in total. The number of nitrogens with zero attached hydrogens (tertiary/aromatic N) is 1. The van der Waals surface area contributed by atoms with Crippen LogP contribution in [0.15, 0.2) is 35.3 Å². The topological polar surface area (TPSA) is 56.7 Å². The van der Waals surface area contributed by atoms with E-state index in [-0.39, 0.29) is 11.5 Å². The lowest BCUT2D eigenvalue weighted by Gasteiger charge is -2.38. The molecule has 1 saturated carbocycles. The van der Waals surface area contributed by atoms with Gasteiger partial charge in [0.1, 0.15) is 0 Å². The number of aliphatic imine (C=N–C) groups is 1. The lowest BCUT2D eigenvalue weighted by molar-refractivity contribution is 0.00397. The largest absolute Gasteiger partial charge is 0.392 e. The first-order chi connectivity index (χ1) is 10.6. The van der Waals surface area contributed by atoms with Gasteiger partial charge in [-0.1, -0.05) is 50.1 Å². The maximum atomic E-state index is 10.3. The molecule has 122 valence electrons. The first-order valence-electron chi connectivity index (χ1n) is 8.38. The van der Waals surface area contributed by atoms with Crippen LogP contribution in [0.5, 0.6) is 0 Å². The average Bonchev–Trinajstić information content (AvgIpc) is 2.54. The molecule has 1 aliphatic carbocycles. The Balaban J connectivity index is 1.93. The molecule has 0 amide bonds. The quantitative estimate of drug-likeness (QED) is 0.579. The minimum atomic E-state index is -0.217. The Morgan fingerprint density at radius 3 is 2.73 bits per heavy atom. The van der Waals surface area contributed by atoms with Crippen molar-refractivity contribution < 1.29 is 5.11 Å². The van der Waals surface area contributed by atoms with Crippen LogP contribution >= 0.6 is 0 Å². The number of aliphatic hydroxyl groups excluding tert-OH is 1. The molecule has 0 radical (unpaired) electrons. The Kier molecular flexibility index (Phi) is 6.25. The minimum Gasteiger partial charge on any atom is -0.392 e. The minimum absolute atomic E-state index is 0.0544. The van der Waals surface area contributed by atoms with Crippen molar-refractivity contribution in [2.45, 2.75) is 52.2 Å². The summed E-state index contributed by atoms with van der Waals surface area (Å²) in [6.45, 7) is 6.49. The molecule has 4 nitrogen and oxygen atoms in total. The highest BCUT2D eigenvalue weighted by atomic mass is 16.3. The predicted octanol–water partition coefficient (Wildman–Crippen LogP) is 2.68. The SMILES string of the molecule is CCNC(=NCc1ccccc1)NCC1(C)CCCCC1O. The summed E-state index contributed by atoms with van der Waals surface area (Å²) in [5, 5.41) is 17.0. The fraction of sp³-hybridized carbons (Fsp3) is 0.611. The van der Waals surface area contributed by atoms with Crippen LogP contribution < -0.4 is 10.6 Å². The lowest BCUT2D eigenvalue weighted by Crippen LogP contribution is -2.48. The standard InChI is InChI=1S/C18H29N3O/c1-3-19-17(20-13-15-9-5-4-6-10-15)21-14-18(2)12-8-7-11-16(18)22/h4-6,9-10,16,22H,3,7-8,11-14H2,1-2H3,(H2,19,20,21). The first kappa shape index (κ1) is 16.8. The third kappa shape index (κ3) is 4.73. The van der Waals surface area contributed by atoms with E-state index in [1.54, 1.807) is 0 Å². The summed E-state index contributed by atoms with van der Waals surface area (Å²) in [4.78, 5) is 4.64. The maximum Gasteiger partial charge on any atom is 0.191 e. The molecular weight excluding hydrogens is 274 g/mol. The molecule has 4 heteroatoms. The van der Waals surface area contributed by atoms with Gasteiger partial charge in [0, 0.05) is 18.5 Å². The molecule has 2 unspecified atom stereocenters. The summed E-state index contributed by atoms with van der Waals surface area (Å²) in [7, 11) is 0. The normalized spacial score (nSPS) is 25.8. The van der Waals surface area contributed by atoms with E-state index < -0.39 is 0 Å². The summed E-state index contributed by atoms with van der Waals surface area (Å²) in [6.07, 6.45) is 4.10. The average molecular weight is 303 g/mol. The van der Waals surface area contributed by atoms with Crippen LogP contribution in [0.3, 0.4) is 0 Å². The van der Waals surface area contributed by atoms with Crippen LogP contribution in [0.4, 0.5) is 0 Å². The monoisotopic (exact) mass is 303 g/mol. The summed E-state index contributed by atoms with van der Waals surface area (Å²) in [5.41, 5.74) is 1.14. The molecule has 22 heavy (non-hydrogen) atoms. The zero-order valence-corrected chi connectivity index (χ0v) is 13.8. The molecule has 0 aliphatic heterocycles. The smallest absolute Gasteiger partial charge is 0.191 e. The van der Waals surface area contributed by atoms with Crippen molar-refractivity contribution in [3.05, 3.63) is 35.9 Å². The highest BCUT2D eigenvalue weighted by molar-refractivity contribution is 5.79. The van der Waals surface area contributed by atoms with E-state index in [2.05, 4.69) is 41.6 Å². The summed E-state index contributed by atoms with van der Waals surface area (Å²) in [6, 6.07) is 10.2. The molecule has 1 aromatic rings. The second-order valence-electron chi connectivity index (χ2n) is 6.45. The van der Waals surface area contributed by atoms with E-state index in [1.165, 1.54) is 12.0 Å². The third-order valence-electron chi connectivity index (χ3n) is 4.55. The van der Waals surface area contributed by atoms with E-state index >= 15 is 0 Å². The predicted molar refractivity (Wildman–Crippen MR) is 91.8 cm³/mol. The van der Waals surface area contributed by atoms with Gasteiger partial charge in [-0.2, -0.15) is 0 Å². The fourth-order valence-electron chi connectivity index (χ4n) is 2.97. The van der Waals surface area contributed by atoms with Crippen molar-refractivity contribution in [1.29, 1.82) is 0 Å². The van der Waals surface area contributed by atoms with Gasteiger partial charge in [-0.05, 0) is 25.3 Å². The molecule has 1 aromatic carbocycles. The molecule has 0 heterocycles. The summed E-state index contributed by atoms with van der Waals surface area (Å²) in [5.74, 6) is 0.824. The van der Waals surface area contributed by atoms with Gasteiger partial charge in [0.15, 0.2) is 5.96 Å². The van der Waals surface area contributed by atoms with Gasteiger partial charge in [-0.25, -0.2) is 4.99 Å². The van der Waals surface area contributed by atoms with Gasteiger partial charge in [0.25, 0.3) is 0 Å². The van der Waals surface area contributed by atoms with Crippen molar-refractivity contribution in [2.75, 3.05) is 13.1 Å². The third-order valence-corrected chi connectivity index (χ3v) is 4.55. The summed E-state index contributed by atoms with van der Waals surface area (Å²) < 4.78 is 0. The van der Waals surface area contributed by atoms with Crippen LogP contribution in [0.2, 0.25) is 0 Å². The van der Waals surface area contributed by atoms with Crippen molar-refractivity contribution in [1.82, 2.24) is 10.6 Å². The molecule has 0 spiro atoms. The van der Waals surface area contributed by atoms with Crippen molar-refractivity contribution in [2.24, 2.45) is 10.4 Å². The molecule has 0 saturated heterocycles. The van der Waals surface area contributed by atoms with Gasteiger partial charge >= 0.3 is 0 Å². The number of benzene rings is 1. The Morgan fingerprint density at radius 1 is 1.27 bits per heavy atom. The van der Waals surface area contributed by atoms with Crippen LogP contribution in [0.1, 0.15) is 45.1 Å². The number of hydrogen-bond acceptors (Lipinski definition) is 2. The summed E-state index contributed by atoms with van der Waals surface area (Å²) >= 11 is 0. The van der Waals surface area contributed by atoms with Gasteiger partial charge in [0.2, 0.25) is 0 Å². The van der Waals surface area contributed by atoms with Crippen molar-refractivity contribution >= 4 is 5.96 Å². The molecule has 2 atom stereocenters. The highest BCUT2D eigenvalue weighted by Gasteiger charge is 2.35. The second-order valence-corrected chi connectivity index (χ2v) is 6.45. The van der Waals surface area contributed by atoms with Gasteiger partial charge in [-0.3, -0.25) is 0 Å². The number of aliphatic hydroxyl groups is 1. The number of nitrogens with one attached hydrogen (secondary N) is 2. The Morgan fingerprint density at radius 2 is 2.05 bits per heavy atom. The molecule has 0 aromatic heterocycles. The van der Waals surface area contributed by atoms with Crippen LogP contribution in [0.25, 0.3) is 0 Å². The van der Waals surface area contributed by atoms with Gasteiger partial charge < -0.3 is 15.7 Å². The van der Waals surface area contributed by atoms with Crippen molar-refractivity contribution in [3.63, 3.8) is 0 Å². The molecular formula is C18H29N3O. The number of hydrogen-bond donors (Lipinski definition) is 3. The number of rotatable bonds is 5. The van der Waals surface area contributed by atoms with Gasteiger partial charge in [0.05, 0.1) is 12.6 Å². The Bertz CT molecular complexity index is 474. The van der Waals surface area contributed by atoms with E-state index in [0.717, 1.165) is 38.3 Å². The van der Waals surface area contributed by atoms with E-state index in [0.29, 0.717) is 6.54 Å². The zero-order chi connectivity index (χ0) is 15.8. The van der Waals surface area contributed by atoms with Gasteiger partial charge in [-0.15, -0.1) is 0 Å². The van der Waals surface area contributed by atoms with E-state index in [9.17, 15) is 5.11 Å². The van der Waals surface area contributed by atoms with Crippen molar-refractivity contribution in [3.8, 4) is 0 Å².